The Balaban J connectivity index is 1.81. The van der Waals surface area contributed by atoms with Crippen molar-refractivity contribution < 1.29 is 29.2 Å². The SMILES string of the molecule is COc1cc(OCCO)cc([C@H](Oc2ccc(C(=N)N)cc2)c2nn(-c3ncsc3C(=O)O)c(=O)[nH]2)c1. The van der Waals surface area contributed by atoms with Crippen LogP contribution < -0.4 is 25.6 Å². The molecule has 37 heavy (non-hydrogen) atoms. The first-order chi connectivity index (χ1) is 17.8. The van der Waals surface area contributed by atoms with Gasteiger partial charge in [0.1, 0.15) is 29.7 Å². The van der Waals surface area contributed by atoms with E-state index in [1.807, 2.05) is 0 Å². The molecule has 2 aromatic heterocycles. The molecule has 0 radical (unpaired) electrons. The zero-order chi connectivity index (χ0) is 26.5. The third kappa shape index (κ3) is 5.60. The molecule has 13 nitrogen and oxygen atoms in total. The average molecular weight is 527 g/mol. The summed E-state index contributed by atoms with van der Waals surface area (Å²) < 4.78 is 18.0. The third-order valence-corrected chi connectivity index (χ3v) is 5.85. The molecule has 4 rings (SSSR count). The number of thiazole rings is 1. The van der Waals surface area contributed by atoms with Crippen LogP contribution in [0.2, 0.25) is 0 Å². The van der Waals surface area contributed by atoms with Gasteiger partial charge in [0.15, 0.2) is 22.6 Å². The first kappa shape index (κ1) is 25.4. The van der Waals surface area contributed by atoms with Crippen LogP contribution in [0.5, 0.6) is 17.2 Å². The lowest BCUT2D eigenvalue weighted by Crippen LogP contribution is -2.18. The van der Waals surface area contributed by atoms with E-state index in [2.05, 4.69) is 15.1 Å². The van der Waals surface area contributed by atoms with Crippen molar-refractivity contribution in [2.75, 3.05) is 20.3 Å². The van der Waals surface area contributed by atoms with Gasteiger partial charge in [0.2, 0.25) is 0 Å². The molecule has 0 bridgehead atoms. The lowest BCUT2D eigenvalue weighted by atomic mass is 10.1. The van der Waals surface area contributed by atoms with Crippen molar-refractivity contribution >= 4 is 23.1 Å². The highest BCUT2D eigenvalue weighted by molar-refractivity contribution is 7.12. The van der Waals surface area contributed by atoms with E-state index in [9.17, 15) is 14.7 Å². The zero-order valence-electron chi connectivity index (χ0n) is 19.4. The fourth-order valence-electron chi connectivity index (χ4n) is 3.38. The van der Waals surface area contributed by atoms with Gasteiger partial charge in [-0.3, -0.25) is 10.4 Å². The number of nitrogens with two attached hydrogens (primary N) is 1. The van der Waals surface area contributed by atoms with Crippen molar-refractivity contribution in [2.45, 2.75) is 6.10 Å². The van der Waals surface area contributed by atoms with Crippen molar-refractivity contribution in [1.82, 2.24) is 19.7 Å². The van der Waals surface area contributed by atoms with Gasteiger partial charge in [0, 0.05) is 17.2 Å². The number of nitrogen functional groups attached to an aromatic ring is 1. The summed E-state index contributed by atoms with van der Waals surface area (Å²) in [5.41, 5.74) is 7.08. The van der Waals surface area contributed by atoms with E-state index in [1.165, 1.54) is 12.6 Å². The molecule has 0 aliphatic heterocycles. The summed E-state index contributed by atoms with van der Waals surface area (Å²) in [6.45, 7) is -0.163. The van der Waals surface area contributed by atoms with Gasteiger partial charge in [0.25, 0.3) is 0 Å². The maximum atomic E-state index is 12.8. The number of aromatic amines is 1. The van der Waals surface area contributed by atoms with Crippen LogP contribution in [0.1, 0.15) is 32.7 Å². The molecule has 0 fully saturated rings. The summed E-state index contributed by atoms with van der Waals surface area (Å²) in [7, 11) is 1.47. The molecule has 192 valence electrons. The second kappa shape index (κ2) is 10.9. The van der Waals surface area contributed by atoms with Gasteiger partial charge >= 0.3 is 11.7 Å². The topological polar surface area (TPSA) is 199 Å². The van der Waals surface area contributed by atoms with Crippen LogP contribution in [-0.2, 0) is 0 Å². The largest absolute Gasteiger partial charge is 0.497 e. The van der Waals surface area contributed by atoms with Crippen molar-refractivity contribution in [1.29, 1.82) is 5.41 Å². The maximum Gasteiger partial charge on any atom is 0.349 e. The number of aliphatic hydroxyl groups is 1. The van der Waals surface area contributed by atoms with Gasteiger partial charge in [-0.1, -0.05) is 0 Å². The fourth-order valence-corrected chi connectivity index (χ4v) is 3.98. The van der Waals surface area contributed by atoms with Crippen LogP contribution in [0, 0.1) is 5.41 Å². The number of nitrogens with one attached hydrogen (secondary N) is 2. The number of ether oxygens (including phenoxy) is 3. The van der Waals surface area contributed by atoms with Crippen LogP contribution in [0.25, 0.3) is 5.82 Å². The van der Waals surface area contributed by atoms with Crippen LogP contribution in [0.3, 0.4) is 0 Å². The van der Waals surface area contributed by atoms with E-state index < -0.39 is 17.8 Å². The predicted molar refractivity (Wildman–Crippen MR) is 132 cm³/mol. The Morgan fingerprint density at radius 1 is 1.22 bits per heavy atom. The minimum Gasteiger partial charge on any atom is -0.497 e. The number of H-pyrrole nitrogens is 1. The van der Waals surface area contributed by atoms with Crippen molar-refractivity contribution in [3.05, 3.63) is 80.3 Å². The van der Waals surface area contributed by atoms with Gasteiger partial charge in [0.05, 0.1) is 19.2 Å². The Hall–Kier alpha value is -4.69. The van der Waals surface area contributed by atoms with E-state index in [0.29, 0.717) is 28.4 Å². The van der Waals surface area contributed by atoms with Gasteiger partial charge in [-0.05, 0) is 36.4 Å². The molecular formula is C23H22N6O7S. The van der Waals surface area contributed by atoms with E-state index in [1.54, 1.807) is 42.5 Å². The van der Waals surface area contributed by atoms with Gasteiger partial charge in [-0.25, -0.2) is 14.6 Å². The number of carbonyl (C=O) groups is 1. The van der Waals surface area contributed by atoms with E-state index in [0.717, 1.165) is 16.0 Å². The molecule has 0 amide bonds. The first-order valence-electron chi connectivity index (χ1n) is 10.7. The number of aromatic carboxylic acids is 1. The Labute approximate surface area is 213 Å². The second-order valence-electron chi connectivity index (χ2n) is 7.49. The summed E-state index contributed by atoms with van der Waals surface area (Å²) >= 11 is 0.859. The van der Waals surface area contributed by atoms with Crippen LogP contribution in [0.15, 0.2) is 52.8 Å². The van der Waals surface area contributed by atoms with Crippen LogP contribution >= 0.6 is 11.3 Å². The number of carboxylic acids is 1. The number of amidine groups is 1. The summed E-state index contributed by atoms with van der Waals surface area (Å²) in [5.74, 6) is -0.281. The van der Waals surface area contributed by atoms with E-state index in [-0.39, 0.29) is 35.6 Å². The predicted octanol–water partition coefficient (Wildman–Crippen LogP) is 1.55. The third-order valence-electron chi connectivity index (χ3n) is 5.05. The van der Waals surface area contributed by atoms with Crippen molar-refractivity contribution in [3.63, 3.8) is 0 Å². The Morgan fingerprint density at radius 3 is 2.59 bits per heavy atom. The summed E-state index contributed by atoms with van der Waals surface area (Å²) in [6, 6.07) is 11.3. The highest BCUT2D eigenvalue weighted by Gasteiger charge is 2.26. The molecule has 4 aromatic rings. The van der Waals surface area contributed by atoms with Gasteiger partial charge in [-0.15, -0.1) is 16.4 Å². The quantitative estimate of drug-likeness (QED) is 0.141. The Morgan fingerprint density at radius 2 is 1.95 bits per heavy atom. The molecule has 0 spiro atoms. The number of hydrogen-bond acceptors (Lipinski definition) is 10. The zero-order valence-corrected chi connectivity index (χ0v) is 20.2. The number of rotatable bonds is 11. The molecule has 2 heterocycles. The summed E-state index contributed by atoms with van der Waals surface area (Å²) in [5, 5.41) is 30.5. The minimum absolute atomic E-state index is 0.0396. The number of aliphatic hydroxyl groups excluding tert-OH is 1. The van der Waals surface area contributed by atoms with Crippen molar-refractivity contribution in [3.8, 4) is 23.1 Å². The highest BCUT2D eigenvalue weighted by Crippen LogP contribution is 2.32. The lowest BCUT2D eigenvalue weighted by Gasteiger charge is -2.19. The number of nitrogens with zero attached hydrogens (tertiary/aromatic N) is 3. The number of methoxy groups -OCH3 is 1. The smallest absolute Gasteiger partial charge is 0.349 e. The summed E-state index contributed by atoms with van der Waals surface area (Å²) in [4.78, 5) is 30.8. The maximum absolute atomic E-state index is 12.8. The summed E-state index contributed by atoms with van der Waals surface area (Å²) in [6.07, 6.45) is -1.02. The minimum atomic E-state index is -1.24. The number of hydrogen-bond donors (Lipinski definition) is 5. The Bertz CT molecular complexity index is 1480. The molecule has 6 N–H and O–H groups in total. The molecule has 2 aromatic carbocycles. The molecule has 1 atom stereocenters. The molecule has 0 aliphatic rings. The first-order valence-corrected chi connectivity index (χ1v) is 11.6. The molecule has 0 unspecified atom stereocenters. The molecule has 14 heteroatoms. The van der Waals surface area contributed by atoms with E-state index >= 15 is 0 Å². The van der Waals surface area contributed by atoms with Crippen LogP contribution in [0.4, 0.5) is 0 Å². The number of aromatic nitrogens is 4. The van der Waals surface area contributed by atoms with Gasteiger partial charge in [-0.2, -0.15) is 4.68 Å². The molecule has 0 aliphatic carbocycles. The normalized spacial score (nSPS) is 11.6. The molecular weight excluding hydrogens is 504 g/mol. The molecule has 0 saturated carbocycles. The average Bonchev–Trinajstić information content (AvgIpc) is 3.52. The molecule has 0 saturated heterocycles. The number of benzene rings is 2. The fraction of sp³-hybridized carbons (Fsp3) is 0.174. The number of carboxylic acid groups (broad SMARTS) is 1. The standard InChI is InChI=1S/C23H22N6O7S/c1-34-15-8-13(9-16(10-15)35-7-6-30)17(36-14-4-2-12(3-5-14)19(24)25)20-27-23(33)29(28-20)21-18(22(31)32)37-11-26-21/h2-5,8-11,17,30H,6-7H2,1H3,(H3,24,25)(H,31,32)(H,27,28,33)/t17-/m0/s1. The van der Waals surface area contributed by atoms with Gasteiger partial charge < -0.3 is 30.2 Å². The highest BCUT2D eigenvalue weighted by atomic mass is 32.1. The monoisotopic (exact) mass is 526 g/mol. The van der Waals surface area contributed by atoms with Crippen LogP contribution in [-0.4, -0.2) is 62.1 Å². The second-order valence-corrected chi connectivity index (χ2v) is 8.34. The lowest BCUT2D eigenvalue weighted by molar-refractivity contribution is 0.0701. The van der Waals surface area contributed by atoms with E-state index in [4.69, 9.17) is 30.5 Å². The van der Waals surface area contributed by atoms with Crippen molar-refractivity contribution in [2.24, 2.45) is 5.73 Å². The Kier molecular flexibility index (Phi) is 7.50.